The van der Waals surface area contributed by atoms with Gasteiger partial charge in [0, 0.05) is 0 Å². The van der Waals surface area contributed by atoms with E-state index in [2.05, 4.69) is 0 Å². The van der Waals surface area contributed by atoms with Gasteiger partial charge < -0.3 is 15.3 Å². The predicted molar refractivity (Wildman–Crippen MR) is 45.2 cm³/mol. The molecule has 15 heavy (non-hydrogen) atoms. The van der Waals surface area contributed by atoms with Crippen LogP contribution in [0, 0.1) is 5.13 Å². The number of carbonyl (C=O) groups is 3. The van der Waals surface area contributed by atoms with E-state index in [1.807, 2.05) is 0 Å². The molecule has 0 spiro atoms. The minimum atomic E-state index is -1.81. The fourth-order valence-corrected chi connectivity index (χ4v) is 1.80. The first-order chi connectivity index (χ1) is 6.86. The fraction of sp³-hybridized carbons (Fsp3) is 0. The maximum Gasteiger partial charge on any atom is 0.346 e. The van der Waals surface area contributed by atoms with Gasteiger partial charge >= 0.3 is 17.9 Å². The van der Waals surface area contributed by atoms with E-state index in [4.69, 9.17) is 15.3 Å². The average molecular weight is 234 g/mol. The molecule has 3 N–H and O–H groups in total. The molecule has 1 heterocycles. The maximum atomic E-state index is 13.0. The fourth-order valence-electron chi connectivity index (χ4n) is 0.949. The second-order valence-electron chi connectivity index (χ2n) is 2.37. The number of hydrogen-bond acceptors (Lipinski definition) is 4. The van der Waals surface area contributed by atoms with Crippen LogP contribution in [0.1, 0.15) is 30.4 Å². The first-order valence-electron chi connectivity index (χ1n) is 3.38. The van der Waals surface area contributed by atoms with Crippen LogP contribution in [0.15, 0.2) is 0 Å². The summed E-state index contributed by atoms with van der Waals surface area (Å²) in [7, 11) is 0. The quantitative estimate of drug-likeness (QED) is 0.718. The van der Waals surface area contributed by atoms with Gasteiger partial charge in [0.05, 0.1) is 0 Å². The summed E-state index contributed by atoms with van der Waals surface area (Å²) in [5, 5.41) is 24.3. The number of carboxylic acids is 3. The van der Waals surface area contributed by atoms with E-state index >= 15 is 0 Å². The van der Waals surface area contributed by atoms with Crippen LogP contribution in [-0.4, -0.2) is 33.2 Å². The molecule has 0 radical (unpaired) electrons. The Morgan fingerprint density at radius 3 is 1.73 bits per heavy atom. The van der Waals surface area contributed by atoms with E-state index in [0.717, 1.165) is 0 Å². The van der Waals surface area contributed by atoms with E-state index in [1.165, 1.54) is 0 Å². The number of hydrogen-bond donors (Lipinski definition) is 3. The first kappa shape index (κ1) is 11.1. The van der Waals surface area contributed by atoms with Crippen molar-refractivity contribution in [2.45, 2.75) is 0 Å². The van der Waals surface area contributed by atoms with Gasteiger partial charge in [-0.15, -0.1) is 0 Å². The molecular weight excluding hydrogens is 231 g/mol. The normalized spacial score (nSPS) is 9.93. The predicted octanol–water partition coefficient (Wildman–Crippen LogP) is 0.982. The molecule has 0 aliphatic carbocycles. The molecule has 8 heteroatoms. The van der Waals surface area contributed by atoms with Crippen molar-refractivity contribution in [3.8, 4) is 0 Å². The number of thiophene rings is 1. The Balaban J connectivity index is 3.59. The van der Waals surface area contributed by atoms with Crippen molar-refractivity contribution >= 4 is 29.2 Å². The molecule has 1 rings (SSSR count). The van der Waals surface area contributed by atoms with Gasteiger partial charge in [0.15, 0.2) is 5.13 Å². The molecule has 80 valence electrons. The maximum absolute atomic E-state index is 13.0. The summed E-state index contributed by atoms with van der Waals surface area (Å²) in [6.45, 7) is 0. The van der Waals surface area contributed by atoms with Crippen LogP contribution in [0.4, 0.5) is 4.39 Å². The van der Waals surface area contributed by atoms with Crippen LogP contribution >= 0.6 is 11.3 Å². The number of rotatable bonds is 3. The highest BCUT2D eigenvalue weighted by Crippen LogP contribution is 2.27. The van der Waals surface area contributed by atoms with Crippen molar-refractivity contribution in [1.82, 2.24) is 0 Å². The van der Waals surface area contributed by atoms with Crippen LogP contribution in [0.25, 0.3) is 0 Å². The van der Waals surface area contributed by atoms with E-state index in [9.17, 15) is 18.8 Å². The smallest absolute Gasteiger partial charge is 0.346 e. The lowest BCUT2D eigenvalue weighted by Gasteiger charge is -1.94. The molecule has 0 aromatic carbocycles. The second kappa shape index (κ2) is 3.65. The van der Waals surface area contributed by atoms with Crippen molar-refractivity contribution in [3.63, 3.8) is 0 Å². The Morgan fingerprint density at radius 1 is 0.933 bits per heavy atom. The Hall–Kier alpha value is -1.96. The molecule has 6 nitrogen and oxygen atoms in total. The summed E-state index contributed by atoms with van der Waals surface area (Å²) in [4.78, 5) is 30.7. The molecule has 1 aromatic rings. The zero-order chi connectivity index (χ0) is 11.7. The van der Waals surface area contributed by atoms with Crippen molar-refractivity contribution in [2.75, 3.05) is 0 Å². The summed E-state index contributed by atoms with van der Waals surface area (Å²) >= 11 is -0.0221. The van der Waals surface area contributed by atoms with Crippen LogP contribution in [0.3, 0.4) is 0 Å². The van der Waals surface area contributed by atoms with Gasteiger partial charge in [-0.05, 0) is 0 Å². The summed E-state index contributed by atoms with van der Waals surface area (Å²) < 4.78 is 13.0. The molecule has 0 aliphatic rings. The van der Waals surface area contributed by atoms with E-state index < -0.39 is 39.0 Å². The van der Waals surface area contributed by atoms with Crippen molar-refractivity contribution < 1.29 is 34.1 Å². The highest BCUT2D eigenvalue weighted by Gasteiger charge is 2.31. The standard InChI is InChI=1S/C7H3FO6S/c8-4-2(6(11)12)1(5(9)10)3(15-4)7(13)14/h(H,9,10)(H,11,12)(H,13,14). The summed E-state index contributed by atoms with van der Waals surface area (Å²) in [5.41, 5.74) is -2.15. The average Bonchev–Trinajstić information content (AvgIpc) is 2.42. The van der Waals surface area contributed by atoms with Gasteiger partial charge in [0.1, 0.15) is 16.0 Å². The van der Waals surface area contributed by atoms with Gasteiger partial charge in [0.25, 0.3) is 0 Å². The molecule has 0 saturated carbocycles. The van der Waals surface area contributed by atoms with E-state index in [0.29, 0.717) is 0 Å². The molecule has 0 aliphatic heterocycles. The van der Waals surface area contributed by atoms with Gasteiger partial charge in [-0.25, -0.2) is 14.4 Å². The Kier molecular flexibility index (Phi) is 2.71. The third-order valence-corrected chi connectivity index (χ3v) is 2.45. The molecule has 0 unspecified atom stereocenters. The molecule has 1 aromatic heterocycles. The van der Waals surface area contributed by atoms with Gasteiger partial charge in [-0.3, -0.25) is 0 Å². The Bertz CT molecular complexity index is 462. The Labute approximate surface area is 85.2 Å². The SMILES string of the molecule is O=C(O)c1sc(F)c(C(=O)O)c1C(=O)O. The summed E-state index contributed by atoms with van der Waals surface area (Å²) in [6.07, 6.45) is 0. The topological polar surface area (TPSA) is 112 Å². The lowest BCUT2D eigenvalue weighted by Crippen LogP contribution is -2.10. The lowest BCUT2D eigenvalue weighted by atomic mass is 10.1. The number of carboxylic acid groups (broad SMARTS) is 3. The van der Waals surface area contributed by atoms with Gasteiger partial charge in [0.2, 0.25) is 0 Å². The van der Waals surface area contributed by atoms with E-state index in [1.54, 1.807) is 0 Å². The number of aromatic carboxylic acids is 3. The second-order valence-corrected chi connectivity index (χ2v) is 3.34. The summed E-state index contributed by atoms with van der Waals surface area (Å²) in [5.74, 6) is -5.28. The van der Waals surface area contributed by atoms with Crippen molar-refractivity contribution in [1.29, 1.82) is 0 Å². The highest BCUT2D eigenvalue weighted by atomic mass is 32.1. The molecule has 0 saturated heterocycles. The first-order valence-corrected chi connectivity index (χ1v) is 4.20. The van der Waals surface area contributed by atoms with Crippen molar-refractivity contribution in [3.05, 3.63) is 21.1 Å². The monoisotopic (exact) mass is 234 g/mol. The number of halogens is 1. The minimum absolute atomic E-state index is 0.0221. The zero-order valence-electron chi connectivity index (χ0n) is 6.85. The van der Waals surface area contributed by atoms with Crippen LogP contribution in [-0.2, 0) is 0 Å². The van der Waals surface area contributed by atoms with Crippen molar-refractivity contribution in [2.24, 2.45) is 0 Å². The van der Waals surface area contributed by atoms with Crippen LogP contribution in [0.5, 0.6) is 0 Å². The van der Waals surface area contributed by atoms with E-state index in [-0.39, 0.29) is 11.3 Å². The Morgan fingerprint density at radius 2 is 1.40 bits per heavy atom. The molecule has 0 bridgehead atoms. The minimum Gasteiger partial charge on any atom is -0.478 e. The highest BCUT2D eigenvalue weighted by molar-refractivity contribution is 7.13. The molecule has 0 amide bonds. The third kappa shape index (κ3) is 1.79. The van der Waals surface area contributed by atoms with Gasteiger partial charge in [-0.1, -0.05) is 11.3 Å². The van der Waals surface area contributed by atoms with Crippen LogP contribution < -0.4 is 0 Å². The largest absolute Gasteiger partial charge is 0.478 e. The molecule has 0 atom stereocenters. The lowest BCUT2D eigenvalue weighted by molar-refractivity contribution is 0.0635. The molecular formula is C7H3FO6S. The molecule has 0 fully saturated rings. The van der Waals surface area contributed by atoms with Gasteiger partial charge in [-0.2, -0.15) is 4.39 Å². The third-order valence-electron chi connectivity index (χ3n) is 1.49. The zero-order valence-corrected chi connectivity index (χ0v) is 7.67. The van der Waals surface area contributed by atoms with Crippen LogP contribution in [0.2, 0.25) is 0 Å². The summed E-state index contributed by atoms with van der Waals surface area (Å²) in [6, 6.07) is 0.